The fourth-order valence-electron chi connectivity index (χ4n) is 13.2. The summed E-state index contributed by atoms with van der Waals surface area (Å²) in [4.78, 5) is 58.3. The van der Waals surface area contributed by atoms with E-state index < -0.39 is 46.8 Å². The van der Waals surface area contributed by atoms with Gasteiger partial charge in [-0.1, -0.05) is 95.1 Å². The molecule has 4 unspecified atom stereocenters. The van der Waals surface area contributed by atoms with Crippen LogP contribution in [-0.4, -0.2) is 23.1 Å². The molecule has 0 heterocycles. The molecular formula is C56H32N4O4. The van der Waals surface area contributed by atoms with Crippen molar-refractivity contribution < 1.29 is 19.2 Å². The SMILES string of the molecule is N#Cc1c2c(c(C#N)c3ccccc13)C1CC3=C4C=C1CC1=C2CC2C(=C1)CC1=CC5=C(CC1c1c2c(C#N)c2ccccc2c1C#N)C(=O)C(=O)C1CC(=C(C=C1C5)C4)C(=O)C3=O. The first-order valence-corrected chi connectivity index (χ1v) is 21.9. The quantitative estimate of drug-likeness (QED) is 0.158. The van der Waals surface area contributed by atoms with Gasteiger partial charge in [0.2, 0.25) is 23.1 Å². The number of benzene rings is 4. The number of nitrogens with zero attached hydrogens (tertiary/aromatic N) is 4. The lowest BCUT2D eigenvalue weighted by atomic mass is 9.70. The van der Waals surface area contributed by atoms with Gasteiger partial charge in [0.1, 0.15) is 24.3 Å². The number of ketones is 4. The molecule has 0 fully saturated rings. The lowest BCUT2D eigenvalue weighted by molar-refractivity contribution is -0.136. The van der Waals surface area contributed by atoms with E-state index in [2.05, 4.69) is 42.5 Å². The molecule has 4 aromatic rings. The molecule has 8 nitrogen and oxygen atoms in total. The number of hydrogen-bond donors (Lipinski definition) is 0. The number of rotatable bonds is 0. The van der Waals surface area contributed by atoms with E-state index in [0.717, 1.165) is 50.1 Å². The van der Waals surface area contributed by atoms with Crippen LogP contribution in [-0.2, 0) is 19.2 Å². The highest BCUT2D eigenvalue weighted by molar-refractivity contribution is 6.50. The second-order valence-corrected chi connectivity index (χ2v) is 18.6. The van der Waals surface area contributed by atoms with Crippen LogP contribution in [0.2, 0.25) is 0 Å². The Morgan fingerprint density at radius 1 is 0.391 bits per heavy atom. The number of Topliss-reactive ketones (excluding diaryl/α,β-unsaturated/α-hetero) is 4. The summed E-state index contributed by atoms with van der Waals surface area (Å²) in [6.45, 7) is 0. The molecule has 0 aliphatic heterocycles. The Bertz CT molecular complexity index is 3640. The van der Waals surface area contributed by atoms with Crippen molar-refractivity contribution in [1.29, 1.82) is 21.0 Å². The summed E-state index contributed by atoms with van der Waals surface area (Å²) in [5, 5.41) is 47.6. The van der Waals surface area contributed by atoms with Crippen molar-refractivity contribution >= 4 is 50.3 Å². The topological polar surface area (TPSA) is 163 Å². The first-order chi connectivity index (χ1) is 31.2. The fraction of sp³-hybridized carbons (Fsp3) is 0.214. The Labute approximate surface area is 367 Å². The molecule has 0 N–H and O–H groups in total. The zero-order valence-corrected chi connectivity index (χ0v) is 34.3. The fourth-order valence-corrected chi connectivity index (χ4v) is 13.2. The number of fused-ring (bicyclic) bond motifs is 8. The standard InChI is InChI=1S/C56H32N4O4/c57-21-45-33-5-1-3-7-35(33)47(23-59)51-39-18-41-29-12-27(39)10-25-9-26-11-28-13-30-15-32-16-31(14-29)43(55(63)53(41)61)20-44(32)56(64)54(62)42(30)19-40(28)52-48(24-60)36-8-4-2-6-34(36)46(22-58)50(52)38(26)17-37(25)49(45)51/h1-9,12-13,16,37,39-40,43H,10-11,14-15,17-20H2. The van der Waals surface area contributed by atoms with Crippen LogP contribution in [0.5, 0.6) is 0 Å². The van der Waals surface area contributed by atoms with Gasteiger partial charge in [-0.2, -0.15) is 21.0 Å². The zero-order valence-electron chi connectivity index (χ0n) is 34.3. The number of nitriles is 4. The molecule has 8 heteroatoms. The number of carbonyl (C=O) groups is 4. The van der Waals surface area contributed by atoms with Crippen molar-refractivity contribution in [3.05, 3.63) is 179 Å². The van der Waals surface area contributed by atoms with Crippen LogP contribution in [0.15, 0.2) is 134 Å². The summed E-state index contributed by atoms with van der Waals surface area (Å²) in [7, 11) is 0. The molecule has 0 amide bonds. The van der Waals surface area contributed by atoms with Crippen LogP contribution < -0.4 is 0 Å². The lowest BCUT2D eigenvalue weighted by Crippen LogP contribution is -2.30. The molecule has 4 atom stereocenters. The van der Waals surface area contributed by atoms with E-state index in [-0.39, 0.29) is 24.8 Å². The number of carbonyl (C=O) groups excluding carboxylic acids is 4. The number of allylic oxidation sites excluding steroid dienone is 16. The Kier molecular flexibility index (Phi) is 7.30. The van der Waals surface area contributed by atoms with Gasteiger partial charge in [0.15, 0.2) is 0 Å². The Hall–Kier alpha value is -8.04. The monoisotopic (exact) mass is 824 g/mol. The Morgan fingerprint density at radius 3 is 1.25 bits per heavy atom. The molecule has 4 aromatic carbocycles. The van der Waals surface area contributed by atoms with E-state index in [1.165, 1.54) is 0 Å². The minimum absolute atomic E-state index is 0.0416. The third kappa shape index (κ3) is 4.57. The Balaban J connectivity index is 1.19. The minimum Gasteiger partial charge on any atom is -0.290 e. The summed E-state index contributed by atoms with van der Waals surface area (Å²) in [6.07, 6.45) is 10.5. The zero-order chi connectivity index (χ0) is 43.4. The molecule has 0 saturated heterocycles. The summed E-state index contributed by atoms with van der Waals surface area (Å²) in [5.74, 6) is -4.85. The van der Waals surface area contributed by atoms with Crippen LogP contribution in [0.1, 0.15) is 114 Å². The van der Waals surface area contributed by atoms with Crippen LogP contribution in [0, 0.1) is 51.2 Å². The lowest BCUT2D eigenvalue weighted by Gasteiger charge is -2.31. The van der Waals surface area contributed by atoms with E-state index in [9.17, 15) is 40.2 Å². The van der Waals surface area contributed by atoms with E-state index in [0.29, 0.717) is 109 Å². The van der Waals surface area contributed by atoms with Crippen LogP contribution in [0.4, 0.5) is 0 Å². The van der Waals surface area contributed by atoms with Crippen molar-refractivity contribution in [2.75, 3.05) is 0 Å². The van der Waals surface area contributed by atoms with Crippen molar-refractivity contribution in [3.63, 3.8) is 0 Å². The summed E-state index contributed by atoms with van der Waals surface area (Å²) in [6, 6.07) is 25.2. The third-order valence-corrected chi connectivity index (χ3v) is 15.9. The average Bonchev–Trinajstić information content (AvgIpc) is 3.62. The molecule has 300 valence electrons. The largest absolute Gasteiger partial charge is 0.290 e. The second kappa shape index (κ2) is 12.8. The maximum absolute atomic E-state index is 14.7. The van der Waals surface area contributed by atoms with Gasteiger partial charge in [-0.25, -0.2) is 0 Å². The van der Waals surface area contributed by atoms with Crippen molar-refractivity contribution in [2.24, 2.45) is 5.92 Å². The predicted octanol–water partition coefficient (Wildman–Crippen LogP) is 9.92. The summed E-state index contributed by atoms with van der Waals surface area (Å²) in [5.41, 5.74) is 13.3. The third-order valence-electron chi connectivity index (χ3n) is 15.9. The second-order valence-electron chi connectivity index (χ2n) is 18.6. The van der Waals surface area contributed by atoms with Gasteiger partial charge < -0.3 is 0 Å². The van der Waals surface area contributed by atoms with Gasteiger partial charge in [-0.15, -0.1) is 0 Å². The van der Waals surface area contributed by atoms with Gasteiger partial charge in [-0.05, 0) is 95.9 Å². The van der Waals surface area contributed by atoms with E-state index >= 15 is 0 Å². The first-order valence-electron chi connectivity index (χ1n) is 21.9. The molecule has 9 aliphatic carbocycles. The molecule has 8 bridgehead atoms. The molecule has 13 rings (SSSR count). The predicted molar refractivity (Wildman–Crippen MR) is 236 cm³/mol. The highest BCUT2D eigenvalue weighted by atomic mass is 16.2. The normalized spacial score (nSPS) is 24.6. The van der Waals surface area contributed by atoms with Crippen LogP contribution >= 0.6 is 0 Å². The van der Waals surface area contributed by atoms with Gasteiger partial charge in [0.05, 0.1) is 28.2 Å². The first kappa shape index (κ1) is 36.6. The van der Waals surface area contributed by atoms with Crippen LogP contribution in [0.3, 0.4) is 0 Å². The van der Waals surface area contributed by atoms with Gasteiger partial charge >= 0.3 is 0 Å². The summed E-state index contributed by atoms with van der Waals surface area (Å²) >= 11 is 0. The maximum atomic E-state index is 14.7. The molecule has 9 aliphatic rings. The smallest absolute Gasteiger partial charge is 0.229 e. The van der Waals surface area contributed by atoms with Gasteiger partial charge in [-0.3, -0.25) is 19.2 Å². The van der Waals surface area contributed by atoms with E-state index in [4.69, 9.17) is 0 Å². The van der Waals surface area contributed by atoms with Gasteiger partial charge in [0, 0.05) is 61.6 Å². The van der Waals surface area contributed by atoms with Crippen molar-refractivity contribution in [2.45, 2.75) is 69.1 Å². The molecule has 0 radical (unpaired) electrons. The maximum Gasteiger partial charge on any atom is 0.229 e. The summed E-state index contributed by atoms with van der Waals surface area (Å²) < 4.78 is 0. The highest BCUT2D eigenvalue weighted by Gasteiger charge is 2.48. The highest BCUT2D eigenvalue weighted by Crippen LogP contribution is 2.60. The average molecular weight is 825 g/mol. The minimum atomic E-state index is -0.898. The van der Waals surface area contributed by atoms with Gasteiger partial charge in [0.25, 0.3) is 0 Å². The molecular weight excluding hydrogens is 793 g/mol. The molecule has 64 heavy (non-hydrogen) atoms. The van der Waals surface area contributed by atoms with E-state index in [1.807, 2.05) is 54.6 Å². The van der Waals surface area contributed by atoms with Crippen LogP contribution in [0.25, 0.3) is 27.1 Å². The van der Waals surface area contributed by atoms with Crippen molar-refractivity contribution in [3.8, 4) is 24.3 Å². The van der Waals surface area contributed by atoms with E-state index in [1.54, 1.807) is 0 Å². The molecule has 0 saturated carbocycles. The molecule has 0 spiro atoms. The van der Waals surface area contributed by atoms with Crippen molar-refractivity contribution in [1.82, 2.24) is 0 Å². The molecule has 0 aromatic heterocycles. The number of hydrogen-bond acceptors (Lipinski definition) is 8. The Morgan fingerprint density at radius 2 is 0.750 bits per heavy atom.